The number of carbonyl (C=O) groups is 2. The number of nitrogens with two attached hydrogens (primary N) is 1. The van der Waals surface area contributed by atoms with Gasteiger partial charge < -0.3 is 5.73 Å². The molecule has 0 saturated heterocycles. The number of halogens is 1. The number of aromatic nitrogens is 1. The predicted octanol–water partition coefficient (Wildman–Crippen LogP) is 1.13. The van der Waals surface area contributed by atoms with Crippen molar-refractivity contribution in [1.82, 2.24) is 4.98 Å². The summed E-state index contributed by atoms with van der Waals surface area (Å²) in [5.74, 6) is -0.677. The van der Waals surface area contributed by atoms with Gasteiger partial charge in [-0.1, -0.05) is 15.9 Å². The monoisotopic (exact) mass is 262 g/mol. The molecule has 1 amide bonds. The van der Waals surface area contributed by atoms with Crippen molar-refractivity contribution in [2.45, 2.75) is 6.92 Å². The summed E-state index contributed by atoms with van der Waals surface area (Å²) in [5, 5.41) is 0.413. The number of nitrogens with zero attached hydrogens (tertiary/aromatic N) is 1. The summed E-state index contributed by atoms with van der Waals surface area (Å²) in [6.45, 7) is 1.68. The molecule has 1 aromatic rings. The lowest BCUT2D eigenvalue weighted by Gasteiger charge is -1.89. The van der Waals surface area contributed by atoms with Crippen LogP contribution in [0.5, 0.6) is 0 Å². The van der Waals surface area contributed by atoms with Crippen LogP contribution in [0.25, 0.3) is 0 Å². The minimum atomic E-state index is -0.596. The van der Waals surface area contributed by atoms with E-state index < -0.39 is 5.91 Å². The Morgan fingerprint density at radius 3 is 2.62 bits per heavy atom. The molecule has 0 saturated carbocycles. The Morgan fingerprint density at radius 1 is 1.62 bits per heavy atom. The van der Waals surface area contributed by atoms with Crippen molar-refractivity contribution in [3.05, 3.63) is 15.6 Å². The van der Waals surface area contributed by atoms with E-state index in [0.29, 0.717) is 10.6 Å². The van der Waals surface area contributed by atoms with Crippen LogP contribution >= 0.6 is 27.3 Å². The van der Waals surface area contributed by atoms with Gasteiger partial charge in [-0.3, -0.25) is 9.59 Å². The second-order valence-electron chi connectivity index (χ2n) is 2.35. The molecular formula is C7H7BrN2O2S. The van der Waals surface area contributed by atoms with E-state index in [1.807, 2.05) is 0 Å². The van der Waals surface area contributed by atoms with Crippen LogP contribution in [0.1, 0.15) is 25.2 Å². The summed E-state index contributed by atoms with van der Waals surface area (Å²) < 4.78 is 0. The molecule has 0 spiro atoms. The molecule has 0 atom stereocenters. The van der Waals surface area contributed by atoms with Gasteiger partial charge in [0.25, 0.3) is 5.91 Å². The van der Waals surface area contributed by atoms with Gasteiger partial charge in [0.2, 0.25) is 0 Å². The van der Waals surface area contributed by atoms with E-state index in [4.69, 9.17) is 5.73 Å². The maximum absolute atomic E-state index is 11.2. The van der Waals surface area contributed by atoms with E-state index in [1.54, 1.807) is 6.92 Å². The molecule has 0 aromatic carbocycles. The fourth-order valence-corrected chi connectivity index (χ4v) is 2.14. The third kappa shape index (κ3) is 2.13. The molecule has 0 aliphatic rings. The topological polar surface area (TPSA) is 73.0 Å². The Balaban J connectivity index is 3.10. The molecule has 70 valence electrons. The number of hydrogen-bond donors (Lipinski definition) is 1. The summed E-state index contributed by atoms with van der Waals surface area (Å²) in [6.07, 6.45) is 0. The average Bonchev–Trinajstić information content (AvgIpc) is 2.46. The van der Waals surface area contributed by atoms with E-state index in [2.05, 4.69) is 20.9 Å². The third-order valence-electron chi connectivity index (χ3n) is 1.38. The number of ketones is 1. The third-order valence-corrected chi connectivity index (χ3v) is 3.10. The zero-order valence-corrected chi connectivity index (χ0v) is 9.24. The molecule has 0 bridgehead atoms. The summed E-state index contributed by atoms with van der Waals surface area (Å²) in [6, 6.07) is 0. The van der Waals surface area contributed by atoms with Crippen molar-refractivity contribution in [3.63, 3.8) is 0 Å². The van der Waals surface area contributed by atoms with Crippen LogP contribution in [0.3, 0.4) is 0 Å². The highest BCUT2D eigenvalue weighted by Crippen LogP contribution is 2.18. The van der Waals surface area contributed by atoms with Gasteiger partial charge in [0, 0.05) is 0 Å². The molecule has 0 radical (unpaired) electrons. The fourth-order valence-electron chi connectivity index (χ4n) is 0.821. The van der Waals surface area contributed by atoms with Crippen LogP contribution in [0, 0.1) is 6.92 Å². The molecule has 2 N–H and O–H groups in total. The fraction of sp³-hybridized carbons (Fsp3) is 0.286. The Hall–Kier alpha value is -0.750. The molecular weight excluding hydrogens is 256 g/mol. The Bertz CT molecular complexity index is 361. The van der Waals surface area contributed by atoms with Crippen molar-refractivity contribution in [1.29, 1.82) is 0 Å². The second-order valence-corrected chi connectivity index (χ2v) is 3.91. The Labute approximate surface area is 87.3 Å². The number of thiazole rings is 1. The lowest BCUT2D eigenvalue weighted by molar-refractivity contribution is 0.0997. The van der Waals surface area contributed by atoms with Gasteiger partial charge in [0.1, 0.15) is 0 Å². The van der Waals surface area contributed by atoms with Gasteiger partial charge in [-0.05, 0) is 6.92 Å². The smallest absolute Gasteiger partial charge is 0.277 e. The van der Waals surface area contributed by atoms with Crippen molar-refractivity contribution in [3.8, 4) is 0 Å². The molecule has 1 heterocycles. The second kappa shape index (κ2) is 3.97. The lowest BCUT2D eigenvalue weighted by atomic mass is 10.3. The van der Waals surface area contributed by atoms with Crippen LogP contribution in [-0.2, 0) is 0 Å². The van der Waals surface area contributed by atoms with Crippen molar-refractivity contribution in [2.24, 2.45) is 5.73 Å². The van der Waals surface area contributed by atoms with Crippen LogP contribution in [0.4, 0.5) is 0 Å². The van der Waals surface area contributed by atoms with Crippen molar-refractivity contribution < 1.29 is 9.59 Å². The maximum atomic E-state index is 11.2. The number of alkyl halides is 1. The minimum absolute atomic E-state index is 0.0810. The molecule has 1 aromatic heterocycles. The first-order valence-electron chi connectivity index (χ1n) is 3.42. The minimum Gasteiger partial charge on any atom is -0.364 e. The number of rotatable bonds is 3. The van der Waals surface area contributed by atoms with E-state index in [1.165, 1.54) is 0 Å². The van der Waals surface area contributed by atoms with Crippen LogP contribution in [0.15, 0.2) is 0 Å². The highest BCUT2D eigenvalue weighted by molar-refractivity contribution is 9.09. The van der Waals surface area contributed by atoms with E-state index in [0.717, 1.165) is 11.3 Å². The van der Waals surface area contributed by atoms with Gasteiger partial charge in [0.05, 0.1) is 15.9 Å². The summed E-state index contributed by atoms with van der Waals surface area (Å²) in [7, 11) is 0. The Kier molecular flexibility index (Phi) is 3.16. The van der Waals surface area contributed by atoms with E-state index in [9.17, 15) is 9.59 Å². The standard InChI is InChI=1S/C7H7BrN2O2S/c1-3-5(4(11)2-8)13-7(10-3)6(9)12/h2H2,1H3,(H2,9,12). The first kappa shape index (κ1) is 10.3. The van der Waals surface area contributed by atoms with Crippen LogP contribution < -0.4 is 5.73 Å². The van der Waals surface area contributed by atoms with Crippen molar-refractivity contribution >= 4 is 39.0 Å². The highest BCUT2D eigenvalue weighted by atomic mass is 79.9. The zero-order valence-electron chi connectivity index (χ0n) is 6.83. The predicted molar refractivity (Wildman–Crippen MR) is 53.5 cm³/mol. The molecule has 0 unspecified atom stereocenters. The average molecular weight is 263 g/mol. The molecule has 0 aliphatic carbocycles. The largest absolute Gasteiger partial charge is 0.364 e. The van der Waals surface area contributed by atoms with E-state index in [-0.39, 0.29) is 16.1 Å². The van der Waals surface area contributed by atoms with Crippen LogP contribution in [0.2, 0.25) is 0 Å². The molecule has 1 rings (SSSR count). The molecule has 4 nitrogen and oxygen atoms in total. The van der Waals surface area contributed by atoms with Gasteiger partial charge in [-0.15, -0.1) is 11.3 Å². The van der Waals surface area contributed by atoms with Crippen LogP contribution in [-0.4, -0.2) is 22.0 Å². The van der Waals surface area contributed by atoms with Gasteiger partial charge in [-0.25, -0.2) is 4.98 Å². The Morgan fingerprint density at radius 2 is 2.23 bits per heavy atom. The van der Waals surface area contributed by atoms with Gasteiger partial charge >= 0.3 is 0 Å². The number of Topliss-reactive ketones (excluding diaryl/α,β-unsaturated/α-hetero) is 1. The van der Waals surface area contributed by atoms with Crippen molar-refractivity contribution in [2.75, 3.05) is 5.33 Å². The number of primary amides is 1. The normalized spacial score (nSPS) is 10.0. The zero-order chi connectivity index (χ0) is 10.0. The number of aryl methyl sites for hydroxylation is 1. The first-order chi connectivity index (χ1) is 6.06. The van der Waals surface area contributed by atoms with Gasteiger partial charge in [-0.2, -0.15) is 0 Å². The summed E-state index contributed by atoms with van der Waals surface area (Å²) in [4.78, 5) is 26.3. The molecule has 0 aliphatic heterocycles. The molecule has 6 heteroatoms. The van der Waals surface area contributed by atoms with E-state index >= 15 is 0 Å². The lowest BCUT2D eigenvalue weighted by Crippen LogP contribution is -2.10. The number of amides is 1. The number of carbonyl (C=O) groups excluding carboxylic acids is 2. The molecule has 13 heavy (non-hydrogen) atoms. The summed E-state index contributed by atoms with van der Waals surface area (Å²) in [5.41, 5.74) is 5.58. The summed E-state index contributed by atoms with van der Waals surface area (Å²) >= 11 is 4.08. The first-order valence-corrected chi connectivity index (χ1v) is 5.36. The highest BCUT2D eigenvalue weighted by Gasteiger charge is 2.16. The molecule has 0 fully saturated rings. The SMILES string of the molecule is Cc1nc(C(N)=O)sc1C(=O)CBr. The number of hydrogen-bond acceptors (Lipinski definition) is 4. The maximum Gasteiger partial charge on any atom is 0.277 e. The van der Waals surface area contributed by atoms with Gasteiger partial charge in [0.15, 0.2) is 10.8 Å². The quantitative estimate of drug-likeness (QED) is 0.656.